The summed E-state index contributed by atoms with van der Waals surface area (Å²) < 4.78 is 48.7. The summed E-state index contributed by atoms with van der Waals surface area (Å²) in [7, 11) is 1.11. The zero-order valence-electron chi connectivity index (χ0n) is 16.0. The van der Waals surface area contributed by atoms with E-state index in [1.54, 1.807) is 18.2 Å². The summed E-state index contributed by atoms with van der Waals surface area (Å²) in [6.45, 7) is 1.82. The van der Waals surface area contributed by atoms with Crippen LogP contribution in [0.5, 0.6) is 0 Å². The number of esters is 1. The van der Waals surface area contributed by atoms with E-state index in [-0.39, 0.29) is 39.6 Å². The van der Waals surface area contributed by atoms with Gasteiger partial charge in [-0.15, -0.1) is 0 Å². The Morgan fingerprint density at radius 1 is 1.13 bits per heavy atom. The molecule has 0 spiro atoms. The molecule has 9 heteroatoms. The Balaban J connectivity index is 2.11. The van der Waals surface area contributed by atoms with Gasteiger partial charge in [-0.05, 0) is 47.9 Å². The fraction of sp³-hybridized carbons (Fsp3) is 0.143. The monoisotopic (exact) mass is 435 g/mol. The van der Waals surface area contributed by atoms with Crippen LogP contribution in [0.2, 0.25) is 5.02 Å². The zero-order valence-corrected chi connectivity index (χ0v) is 16.8. The van der Waals surface area contributed by atoms with Crippen molar-refractivity contribution in [3.8, 4) is 0 Å². The van der Waals surface area contributed by atoms with Gasteiger partial charge in [0.05, 0.1) is 29.1 Å². The van der Waals surface area contributed by atoms with Gasteiger partial charge in [0.25, 0.3) is 0 Å². The number of pyridine rings is 1. The van der Waals surface area contributed by atoms with Crippen molar-refractivity contribution in [1.82, 2.24) is 4.98 Å². The van der Waals surface area contributed by atoms with Crippen molar-refractivity contribution in [1.29, 1.82) is 0 Å². The molecule has 0 aliphatic carbocycles. The second-order valence-corrected chi connectivity index (χ2v) is 6.94. The lowest BCUT2D eigenvalue weighted by molar-refractivity contribution is 0.0601. The van der Waals surface area contributed by atoms with Gasteiger partial charge in [-0.1, -0.05) is 17.7 Å². The Kier molecular flexibility index (Phi) is 6.17. The summed E-state index contributed by atoms with van der Waals surface area (Å²) in [6, 6.07) is 7.30. The topological polar surface area (TPSA) is 77.2 Å². The highest BCUT2D eigenvalue weighted by atomic mass is 35.5. The molecule has 3 rings (SSSR count). The molecule has 30 heavy (non-hydrogen) atoms. The highest BCUT2D eigenvalue weighted by molar-refractivity contribution is 6.33. The molecule has 1 aromatic heterocycles. The highest BCUT2D eigenvalue weighted by Gasteiger charge is 2.24. The summed E-state index contributed by atoms with van der Waals surface area (Å²) in [6.07, 6.45) is 0.898. The lowest BCUT2D eigenvalue weighted by Crippen LogP contribution is -2.12. The number of nitrogens with one attached hydrogen (secondary N) is 1. The van der Waals surface area contributed by atoms with Gasteiger partial charge in [-0.25, -0.2) is 22.9 Å². The molecule has 0 atom stereocenters. The Hall–Kier alpha value is -3.26. The number of benzene rings is 2. The number of methoxy groups -OCH3 is 1. The number of carbonyl (C=O) groups is 1. The van der Waals surface area contributed by atoms with Gasteiger partial charge >= 0.3 is 5.97 Å². The van der Waals surface area contributed by atoms with Crippen LogP contribution < -0.4 is 11.1 Å². The third kappa shape index (κ3) is 4.18. The van der Waals surface area contributed by atoms with Crippen molar-refractivity contribution >= 4 is 34.8 Å². The predicted molar refractivity (Wildman–Crippen MR) is 109 cm³/mol. The van der Waals surface area contributed by atoms with E-state index in [1.165, 1.54) is 12.3 Å². The van der Waals surface area contributed by atoms with Crippen LogP contribution >= 0.6 is 11.6 Å². The number of halogens is 4. The molecular weight excluding hydrogens is 419 g/mol. The average molecular weight is 436 g/mol. The minimum atomic E-state index is -1.33. The molecule has 0 fully saturated rings. The van der Waals surface area contributed by atoms with Crippen LogP contribution in [0.3, 0.4) is 0 Å². The first kappa shape index (κ1) is 21.4. The number of aromatic nitrogens is 1. The van der Waals surface area contributed by atoms with Crippen LogP contribution in [0, 0.1) is 24.4 Å². The van der Waals surface area contributed by atoms with Crippen LogP contribution in [0.1, 0.15) is 27.0 Å². The minimum Gasteiger partial charge on any atom is -0.465 e. The number of hydrogen-bond acceptors (Lipinski definition) is 5. The van der Waals surface area contributed by atoms with Crippen LogP contribution in [-0.2, 0) is 11.2 Å². The molecule has 2 aromatic carbocycles. The Morgan fingerprint density at radius 2 is 1.87 bits per heavy atom. The second-order valence-electron chi connectivity index (χ2n) is 6.53. The highest BCUT2D eigenvalue weighted by Crippen LogP contribution is 2.33. The summed E-state index contributed by atoms with van der Waals surface area (Å²) in [5.74, 6) is -4.69. The molecule has 0 saturated heterocycles. The fourth-order valence-electron chi connectivity index (χ4n) is 2.90. The fourth-order valence-corrected chi connectivity index (χ4v) is 3.18. The van der Waals surface area contributed by atoms with Gasteiger partial charge in [0.1, 0.15) is 0 Å². The van der Waals surface area contributed by atoms with E-state index in [9.17, 15) is 18.0 Å². The molecule has 5 nitrogen and oxygen atoms in total. The van der Waals surface area contributed by atoms with E-state index in [4.69, 9.17) is 22.1 Å². The molecule has 156 valence electrons. The van der Waals surface area contributed by atoms with E-state index >= 15 is 0 Å². The molecule has 0 aliphatic rings. The first-order chi connectivity index (χ1) is 14.2. The third-order valence-corrected chi connectivity index (χ3v) is 4.76. The van der Waals surface area contributed by atoms with E-state index in [0.717, 1.165) is 18.7 Å². The smallest absolute Gasteiger partial charge is 0.340 e. The summed E-state index contributed by atoms with van der Waals surface area (Å²) >= 11 is 6.15. The Labute approximate surface area is 175 Å². The Morgan fingerprint density at radius 3 is 2.53 bits per heavy atom. The number of nitrogens with two attached hydrogens (primary N) is 1. The van der Waals surface area contributed by atoms with Gasteiger partial charge in [0.15, 0.2) is 23.3 Å². The SMILES string of the molecule is COC(=O)c1cc(Cc2ccnc(N)c2F)c(F)c(F)c1Nc1ccc(C)cc1Cl. The van der Waals surface area contributed by atoms with E-state index in [1.807, 2.05) is 6.92 Å². The van der Waals surface area contributed by atoms with Gasteiger partial charge in [0, 0.05) is 12.6 Å². The van der Waals surface area contributed by atoms with E-state index < -0.39 is 29.1 Å². The lowest BCUT2D eigenvalue weighted by Gasteiger charge is -2.16. The van der Waals surface area contributed by atoms with Gasteiger partial charge in [-0.3, -0.25) is 0 Å². The summed E-state index contributed by atoms with van der Waals surface area (Å²) in [4.78, 5) is 15.9. The molecule has 3 aromatic rings. The van der Waals surface area contributed by atoms with Crippen molar-refractivity contribution in [2.45, 2.75) is 13.3 Å². The molecule has 0 radical (unpaired) electrons. The van der Waals surface area contributed by atoms with E-state index in [0.29, 0.717) is 0 Å². The number of aryl methyl sites for hydroxylation is 1. The van der Waals surface area contributed by atoms with Crippen molar-refractivity contribution < 1.29 is 22.7 Å². The molecular formula is C21H17ClF3N3O2. The maximum Gasteiger partial charge on any atom is 0.340 e. The number of ether oxygens (including phenoxy) is 1. The molecule has 0 saturated carbocycles. The zero-order chi connectivity index (χ0) is 22.0. The largest absolute Gasteiger partial charge is 0.465 e. The van der Waals surface area contributed by atoms with Gasteiger partial charge < -0.3 is 15.8 Å². The number of rotatable bonds is 5. The molecule has 0 aliphatic heterocycles. The second kappa shape index (κ2) is 8.62. The van der Waals surface area contributed by atoms with Crippen molar-refractivity contribution in [2.24, 2.45) is 0 Å². The number of carbonyl (C=O) groups excluding carboxylic acids is 1. The third-order valence-electron chi connectivity index (χ3n) is 4.45. The summed E-state index contributed by atoms with van der Waals surface area (Å²) in [5.41, 5.74) is 5.59. The maximum atomic E-state index is 15.0. The summed E-state index contributed by atoms with van der Waals surface area (Å²) in [5, 5.41) is 2.91. The van der Waals surface area contributed by atoms with Crippen molar-refractivity contribution in [3.63, 3.8) is 0 Å². The number of hydrogen-bond donors (Lipinski definition) is 2. The normalized spacial score (nSPS) is 10.7. The number of nitrogens with zero attached hydrogens (tertiary/aromatic N) is 1. The standard InChI is InChI=1S/C21H17ClF3N3O2/c1-10-3-4-15(14(22)7-10)28-19-13(21(29)30-2)9-12(16(23)18(19)25)8-11-5-6-27-20(26)17(11)24/h3-7,9,28H,8H2,1-2H3,(H2,26,27). The van der Waals surface area contributed by atoms with Crippen LogP contribution in [-0.4, -0.2) is 18.1 Å². The number of nitrogen functional groups attached to an aromatic ring is 1. The molecule has 3 N–H and O–H groups in total. The predicted octanol–water partition coefficient (Wildman–Crippen LogP) is 5.16. The molecule has 0 unspecified atom stereocenters. The lowest BCUT2D eigenvalue weighted by atomic mass is 10.00. The van der Waals surface area contributed by atoms with Gasteiger partial charge in [0.2, 0.25) is 0 Å². The molecule has 1 heterocycles. The first-order valence-corrected chi connectivity index (χ1v) is 9.12. The van der Waals surface area contributed by atoms with E-state index in [2.05, 4.69) is 10.3 Å². The number of anilines is 3. The van der Waals surface area contributed by atoms with Crippen LogP contribution in [0.4, 0.5) is 30.4 Å². The Bertz CT molecular complexity index is 1140. The minimum absolute atomic E-state index is 0.00101. The van der Waals surface area contributed by atoms with Crippen molar-refractivity contribution in [3.05, 3.63) is 81.3 Å². The maximum absolute atomic E-state index is 15.0. The quantitative estimate of drug-likeness (QED) is 0.541. The average Bonchev–Trinajstić information content (AvgIpc) is 2.71. The van der Waals surface area contributed by atoms with Crippen molar-refractivity contribution in [2.75, 3.05) is 18.2 Å². The van der Waals surface area contributed by atoms with Gasteiger partial charge in [-0.2, -0.15) is 0 Å². The molecule has 0 amide bonds. The van der Waals surface area contributed by atoms with Crippen LogP contribution in [0.15, 0.2) is 36.5 Å². The van der Waals surface area contributed by atoms with Crippen LogP contribution in [0.25, 0.3) is 0 Å². The first-order valence-electron chi connectivity index (χ1n) is 8.74. The molecule has 0 bridgehead atoms.